The van der Waals surface area contributed by atoms with Crippen LogP contribution in [0.1, 0.15) is 34.5 Å². The molecule has 1 amide bonds. The van der Waals surface area contributed by atoms with Crippen LogP contribution in [0.15, 0.2) is 42.5 Å². The summed E-state index contributed by atoms with van der Waals surface area (Å²) < 4.78 is 13.9. The number of nitrogens with zero attached hydrogens (tertiary/aromatic N) is 1. The van der Waals surface area contributed by atoms with Gasteiger partial charge in [-0.1, -0.05) is 29.8 Å². The zero-order valence-corrected chi connectivity index (χ0v) is 12.4. The number of carbonyl (C=O) groups excluding carboxylic acids is 1. The van der Waals surface area contributed by atoms with Crippen molar-refractivity contribution in [3.05, 3.63) is 65.0 Å². The molecule has 3 nitrogen and oxygen atoms in total. The van der Waals surface area contributed by atoms with E-state index in [9.17, 15) is 9.18 Å². The van der Waals surface area contributed by atoms with Gasteiger partial charge in [0, 0.05) is 12.7 Å². The van der Waals surface area contributed by atoms with E-state index in [-0.39, 0.29) is 17.5 Å². The van der Waals surface area contributed by atoms with Crippen LogP contribution in [0.25, 0.3) is 0 Å². The Morgan fingerprint density at radius 2 is 1.81 bits per heavy atom. The highest BCUT2D eigenvalue weighted by Crippen LogP contribution is 2.22. The van der Waals surface area contributed by atoms with E-state index in [0.717, 1.165) is 17.2 Å². The van der Waals surface area contributed by atoms with Crippen LogP contribution in [-0.2, 0) is 0 Å². The minimum atomic E-state index is -0.594. The lowest BCUT2D eigenvalue weighted by molar-refractivity contribution is 0.0738. The average Bonchev–Trinajstić information content (AvgIpc) is 2.46. The van der Waals surface area contributed by atoms with Gasteiger partial charge in [0.15, 0.2) is 0 Å². The maximum Gasteiger partial charge on any atom is 0.257 e. The minimum absolute atomic E-state index is 0.0330. The molecule has 0 aliphatic heterocycles. The zero-order chi connectivity index (χ0) is 15.6. The number of nitrogens with two attached hydrogens (primary N) is 1. The van der Waals surface area contributed by atoms with Crippen LogP contribution in [0.5, 0.6) is 0 Å². The van der Waals surface area contributed by atoms with Crippen LogP contribution in [0, 0.1) is 12.7 Å². The van der Waals surface area contributed by atoms with Crippen LogP contribution in [0.3, 0.4) is 0 Å². The molecule has 2 aromatic carbocycles. The highest BCUT2D eigenvalue weighted by atomic mass is 19.1. The lowest BCUT2D eigenvalue weighted by Crippen LogP contribution is -2.30. The van der Waals surface area contributed by atoms with E-state index in [1.165, 1.54) is 17.0 Å². The molecule has 2 N–H and O–H groups in total. The van der Waals surface area contributed by atoms with Crippen molar-refractivity contribution in [2.24, 2.45) is 0 Å². The molecular formula is C17H19FN2O. The first-order valence-electron chi connectivity index (χ1n) is 6.79. The van der Waals surface area contributed by atoms with Gasteiger partial charge >= 0.3 is 0 Å². The Morgan fingerprint density at radius 3 is 2.38 bits per heavy atom. The third kappa shape index (κ3) is 3.21. The van der Waals surface area contributed by atoms with Crippen molar-refractivity contribution in [1.82, 2.24) is 4.90 Å². The summed E-state index contributed by atoms with van der Waals surface area (Å²) in [6.07, 6.45) is 0. The molecular weight excluding hydrogens is 267 g/mol. The monoisotopic (exact) mass is 286 g/mol. The largest absolute Gasteiger partial charge is 0.399 e. The Kier molecular flexibility index (Phi) is 4.26. The number of halogens is 1. The zero-order valence-electron chi connectivity index (χ0n) is 12.4. The molecule has 0 saturated heterocycles. The highest BCUT2D eigenvalue weighted by Gasteiger charge is 2.21. The van der Waals surface area contributed by atoms with E-state index in [0.29, 0.717) is 5.69 Å². The molecule has 0 aliphatic rings. The maximum atomic E-state index is 13.9. The van der Waals surface area contributed by atoms with E-state index in [1.807, 2.05) is 38.1 Å². The lowest BCUT2D eigenvalue weighted by Gasteiger charge is -2.25. The maximum absolute atomic E-state index is 13.9. The Hall–Kier alpha value is -2.36. The third-order valence-corrected chi connectivity index (χ3v) is 3.68. The van der Waals surface area contributed by atoms with Gasteiger partial charge in [-0.05, 0) is 37.6 Å². The first-order valence-corrected chi connectivity index (χ1v) is 6.79. The standard InChI is InChI=1S/C17H19FN2O/c1-11-4-6-13(7-5-11)12(2)20(3)17(21)15-9-8-14(19)10-16(15)18/h4-10,12H,19H2,1-3H3. The number of carbonyl (C=O) groups is 1. The molecule has 0 heterocycles. The molecule has 0 spiro atoms. The number of rotatable bonds is 3. The van der Waals surface area contributed by atoms with Crippen molar-refractivity contribution in [2.75, 3.05) is 12.8 Å². The molecule has 0 saturated carbocycles. The van der Waals surface area contributed by atoms with Crippen molar-refractivity contribution in [3.8, 4) is 0 Å². The number of anilines is 1. The van der Waals surface area contributed by atoms with E-state index in [2.05, 4.69) is 0 Å². The van der Waals surface area contributed by atoms with Crippen molar-refractivity contribution >= 4 is 11.6 Å². The predicted molar refractivity (Wildman–Crippen MR) is 82.5 cm³/mol. The number of amides is 1. The molecule has 0 radical (unpaired) electrons. The molecule has 0 aromatic heterocycles. The van der Waals surface area contributed by atoms with Crippen molar-refractivity contribution < 1.29 is 9.18 Å². The first-order chi connectivity index (χ1) is 9.90. The number of aryl methyl sites for hydroxylation is 1. The van der Waals surface area contributed by atoms with Gasteiger partial charge in [-0.25, -0.2) is 4.39 Å². The topological polar surface area (TPSA) is 46.3 Å². The summed E-state index contributed by atoms with van der Waals surface area (Å²) in [7, 11) is 1.67. The molecule has 110 valence electrons. The Labute approximate surface area is 124 Å². The van der Waals surface area contributed by atoms with Gasteiger partial charge in [0.25, 0.3) is 5.91 Å². The summed E-state index contributed by atoms with van der Waals surface area (Å²) in [5.41, 5.74) is 8.00. The number of hydrogen-bond acceptors (Lipinski definition) is 2. The molecule has 1 atom stereocenters. The Balaban J connectivity index is 2.24. The third-order valence-electron chi connectivity index (χ3n) is 3.68. The van der Waals surface area contributed by atoms with Gasteiger partial charge < -0.3 is 10.6 Å². The highest BCUT2D eigenvalue weighted by molar-refractivity contribution is 5.94. The van der Waals surface area contributed by atoms with Gasteiger partial charge in [-0.15, -0.1) is 0 Å². The Morgan fingerprint density at radius 1 is 1.19 bits per heavy atom. The van der Waals surface area contributed by atoms with Crippen LogP contribution in [0.4, 0.5) is 10.1 Å². The van der Waals surface area contributed by atoms with Crippen LogP contribution in [-0.4, -0.2) is 17.9 Å². The van der Waals surface area contributed by atoms with Crippen molar-refractivity contribution in [2.45, 2.75) is 19.9 Å². The smallest absolute Gasteiger partial charge is 0.257 e. The molecule has 2 aromatic rings. The van der Waals surface area contributed by atoms with E-state index >= 15 is 0 Å². The summed E-state index contributed by atoms with van der Waals surface area (Å²) in [6.45, 7) is 3.92. The molecule has 4 heteroatoms. The minimum Gasteiger partial charge on any atom is -0.399 e. The Bertz CT molecular complexity index is 652. The number of hydrogen-bond donors (Lipinski definition) is 1. The second kappa shape index (κ2) is 5.95. The quantitative estimate of drug-likeness (QED) is 0.877. The lowest BCUT2D eigenvalue weighted by atomic mass is 10.0. The number of benzene rings is 2. The van der Waals surface area contributed by atoms with Gasteiger partial charge in [0.1, 0.15) is 5.82 Å². The molecule has 1 unspecified atom stereocenters. The molecule has 0 fully saturated rings. The van der Waals surface area contributed by atoms with E-state index in [4.69, 9.17) is 5.73 Å². The summed E-state index contributed by atoms with van der Waals surface area (Å²) in [4.78, 5) is 13.9. The van der Waals surface area contributed by atoms with Crippen LogP contribution >= 0.6 is 0 Å². The fourth-order valence-electron chi connectivity index (χ4n) is 2.14. The predicted octanol–water partition coefficient (Wildman–Crippen LogP) is 3.55. The van der Waals surface area contributed by atoms with E-state index < -0.39 is 5.82 Å². The summed E-state index contributed by atoms with van der Waals surface area (Å²) in [6, 6.07) is 11.9. The molecule has 0 aliphatic carbocycles. The van der Waals surface area contributed by atoms with Crippen LogP contribution in [0.2, 0.25) is 0 Å². The van der Waals surface area contributed by atoms with Crippen molar-refractivity contribution in [1.29, 1.82) is 0 Å². The normalized spacial score (nSPS) is 12.0. The van der Waals surface area contributed by atoms with E-state index in [1.54, 1.807) is 7.05 Å². The fourth-order valence-corrected chi connectivity index (χ4v) is 2.14. The average molecular weight is 286 g/mol. The number of nitrogen functional groups attached to an aromatic ring is 1. The van der Waals surface area contributed by atoms with Crippen LogP contribution < -0.4 is 5.73 Å². The molecule has 0 bridgehead atoms. The first kappa shape index (κ1) is 15.0. The molecule has 2 rings (SSSR count). The second-order valence-corrected chi connectivity index (χ2v) is 5.24. The summed E-state index contributed by atoms with van der Waals surface area (Å²) in [5, 5.41) is 0. The second-order valence-electron chi connectivity index (χ2n) is 5.24. The van der Waals surface area contributed by atoms with Gasteiger partial charge in [0.2, 0.25) is 0 Å². The SMILES string of the molecule is Cc1ccc(C(C)N(C)C(=O)c2ccc(N)cc2F)cc1. The van der Waals surface area contributed by atoms with Gasteiger partial charge in [0.05, 0.1) is 11.6 Å². The summed E-state index contributed by atoms with van der Waals surface area (Å²) >= 11 is 0. The molecule has 21 heavy (non-hydrogen) atoms. The van der Waals surface area contributed by atoms with Gasteiger partial charge in [-0.2, -0.15) is 0 Å². The van der Waals surface area contributed by atoms with Crippen molar-refractivity contribution in [3.63, 3.8) is 0 Å². The van der Waals surface area contributed by atoms with Gasteiger partial charge in [-0.3, -0.25) is 4.79 Å². The summed E-state index contributed by atoms with van der Waals surface area (Å²) in [5.74, 6) is -0.955. The fraction of sp³-hybridized carbons (Fsp3) is 0.235.